The lowest BCUT2D eigenvalue weighted by molar-refractivity contribution is -0.134. The van der Waals surface area contributed by atoms with Gasteiger partial charge in [0.25, 0.3) is 0 Å². The molecule has 1 aromatic heterocycles. The molecule has 0 bridgehead atoms. The number of carbonyl (C=O) groups is 3. The van der Waals surface area contributed by atoms with Gasteiger partial charge in [0.1, 0.15) is 17.9 Å². The van der Waals surface area contributed by atoms with Crippen molar-refractivity contribution in [2.45, 2.75) is 32.4 Å². The molecule has 0 radical (unpaired) electrons. The van der Waals surface area contributed by atoms with Gasteiger partial charge in [-0.1, -0.05) is 6.07 Å². The lowest BCUT2D eigenvalue weighted by Crippen LogP contribution is -2.41. The van der Waals surface area contributed by atoms with E-state index in [9.17, 15) is 23.8 Å². The molecular weight excluding hydrogens is 451 g/mol. The van der Waals surface area contributed by atoms with Gasteiger partial charge in [0.15, 0.2) is 0 Å². The van der Waals surface area contributed by atoms with Gasteiger partial charge in [0.2, 0.25) is 5.91 Å². The van der Waals surface area contributed by atoms with Crippen molar-refractivity contribution < 1.29 is 33.1 Å². The second-order valence-corrected chi connectivity index (χ2v) is 9.27. The number of aromatic nitrogens is 1. The number of fused-ring (bicyclic) bond motifs is 3. The average molecular weight is 470 g/mol. The highest BCUT2D eigenvalue weighted by molar-refractivity contribution is 7.51. The number of hydrogen-bond acceptors (Lipinski definition) is 8. The van der Waals surface area contributed by atoms with Gasteiger partial charge in [-0.25, -0.2) is 19.0 Å². The van der Waals surface area contributed by atoms with E-state index in [4.69, 9.17) is 10.00 Å². The van der Waals surface area contributed by atoms with Gasteiger partial charge in [0.05, 0.1) is 18.3 Å². The van der Waals surface area contributed by atoms with E-state index < -0.39 is 44.4 Å². The van der Waals surface area contributed by atoms with E-state index >= 15 is 0 Å². The first-order valence-electron chi connectivity index (χ1n) is 9.91. The molecule has 1 fully saturated rings. The molecule has 33 heavy (non-hydrogen) atoms. The summed E-state index contributed by atoms with van der Waals surface area (Å²) in [4.78, 5) is 51.4. The fourth-order valence-electron chi connectivity index (χ4n) is 4.04. The molecular formula is C21H19N4O7P. The van der Waals surface area contributed by atoms with Gasteiger partial charge in [-0.05, 0) is 41.8 Å². The van der Waals surface area contributed by atoms with Crippen molar-refractivity contribution in [2.75, 3.05) is 11.4 Å². The van der Waals surface area contributed by atoms with Crippen LogP contribution in [0.2, 0.25) is 0 Å². The molecule has 1 aromatic carbocycles. The third kappa shape index (κ3) is 4.18. The van der Waals surface area contributed by atoms with Crippen LogP contribution < -0.4 is 4.90 Å². The maximum Gasteiger partial charge on any atom is 0.490 e. The van der Waals surface area contributed by atoms with Crippen LogP contribution in [0.3, 0.4) is 0 Å². The Labute approximate surface area is 188 Å². The van der Waals surface area contributed by atoms with E-state index in [1.165, 1.54) is 4.90 Å². The zero-order valence-corrected chi connectivity index (χ0v) is 18.6. The number of amides is 2. The first kappa shape index (κ1) is 22.5. The van der Waals surface area contributed by atoms with Gasteiger partial charge >= 0.3 is 19.8 Å². The second-order valence-electron chi connectivity index (χ2n) is 7.63. The SMILES string of the molecule is CC(=O)OP(=O)(O)N(CC1OC(=O)N2c3ccc(-c4ccc(C#N)nc4)cc3CC12)C(C)=O. The van der Waals surface area contributed by atoms with Gasteiger partial charge < -0.3 is 9.26 Å². The van der Waals surface area contributed by atoms with Crippen LogP contribution in [0.25, 0.3) is 11.1 Å². The monoisotopic (exact) mass is 470 g/mol. The predicted octanol–water partition coefficient (Wildman–Crippen LogP) is 2.38. The first-order valence-corrected chi connectivity index (χ1v) is 11.4. The van der Waals surface area contributed by atoms with E-state index in [2.05, 4.69) is 9.51 Å². The maximum absolute atomic E-state index is 12.6. The molecule has 0 aliphatic carbocycles. The van der Waals surface area contributed by atoms with E-state index in [0.717, 1.165) is 30.5 Å². The van der Waals surface area contributed by atoms with E-state index in [1.807, 2.05) is 18.2 Å². The summed E-state index contributed by atoms with van der Waals surface area (Å²) in [6.45, 7) is 1.60. The highest BCUT2D eigenvalue weighted by Crippen LogP contribution is 2.48. The number of benzene rings is 1. The fraction of sp³-hybridized carbons (Fsp3) is 0.286. The molecule has 11 nitrogen and oxygen atoms in total. The zero-order valence-electron chi connectivity index (χ0n) is 17.7. The van der Waals surface area contributed by atoms with Crippen LogP contribution in [0.15, 0.2) is 36.5 Å². The highest BCUT2D eigenvalue weighted by Gasteiger charge is 2.50. The molecule has 3 heterocycles. The summed E-state index contributed by atoms with van der Waals surface area (Å²) < 4.78 is 22.8. The smallest absolute Gasteiger partial charge is 0.442 e. The first-order chi connectivity index (χ1) is 15.6. The average Bonchev–Trinajstić information content (AvgIpc) is 3.27. The van der Waals surface area contributed by atoms with Crippen molar-refractivity contribution in [3.63, 3.8) is 0 Å². The number of hydrogen-bond donors (Lipinski definition) is 1. The van der Waals surface area contributed by atoms with Crippen LogP contribution in [0.5, 0.6) is 0 Å². The van der Waals surface area contributed by atoms with E-state index in [0.29, 0.717) is 22.5 Å². The number of rotatable bonds is 5. The summed E-state index contributed by atoms with van der Waals surface area (Å²) in [6.07, 6.45) is 0.426. The number of anilines is 1. The molecule has 1 N–H and O–H groups in total. The third-order valence-corrected chi connectivity index (χ3v) is 7.01. The lowest BCUT2D eigenvalue weighted by atomic mass is 10.0. The molecule has 2 aliphatic rings. The number of ether oxygens (including phenoxy) is 1. The molecule has 0 spiro atoms. The zero-order chi connectivity index (χ0) is 23.9. The molecule has 2 aromatic rings. The van der Waals surface area contributed by atoms with Crippen LogP contribution in [-0.2, 0) is 29.8 Å². The Morgan fingerprint density at radius 2 is 2.06 bits per heavy atom. The number of carbonyl (C=O) groups excluding carboxylic acids is 3. The molecule has 4 rings (SSSR count). The highest BCUT2D eigenvalue weighted by atomic mass is 31.2. The largest absolute Gasteiger partial charge is 0.490 e. The predicted molar refractivity (Wildman–Crippen MR) is 114 cm³/mol. The minimum Gasteiger partial charge on any atom is -0.442 e. The van der Waals surface area contributed by atoms with Crippen LogP contribution in [0.4, 0.5) is 10.5 Å². The summed E-state index contributed by atoms with van der Waals surface area (Å²) >= 11 is 0. The molecule has 3 atom stereocenters. The minimum atomic E-state index is -4.76. The Morgan fingerprint density at radius 1 is 1.33 bits per heavy atom. The quantitative estimate of drug-likeness (QED) is 0.650. The van der Waals surface area contributed by atoms with Gasteiger partial charge in [-0.2, -0.15) is 5.26 Å². The maximum atomic E-state index is 12.6. The summed E-state index contributed by atoms with van der Waals surface area (Å²) in [6, 6.07) is 10.3. The van der Waals surface area contributed by atoms with Crippen molar-refractivity contribution in [3.05, 3.63) is 47.8 Å². The summed E-state index contributed by atoms with van der Waals surface area (Å²) in [5.41, 5.74) is 3.44. The Bertz CT molecular complexity index is 1240. The summed E-state index contributed by atoms with van der Waals surface area (Å²) in [7, 11) is -4.76. The molecule has 3 unspecified atom stereocenters. The van der Waals surface area contributed by atoms with Gasteiger partial charge in [-0.15, -0.1) is 0 Å². The molecule has 0 saturated carbocycles. The Morgan fingerprint density at radius 3 is 2.67 bits per heavy atom. The lowest BCUT2D eigenvalue weighted by Gasteiger charge is -2.27. The van der Waals surface area contributed by atoms with Crippen LogP contribution >= 0.6 is 7.75 Å². The third-order valence-electron chi connectivity index (χ3n) is 5.46. The number of nitrogens with zero attached hydrogens (tertiary/aromatic N) is 4. The van der Waals surface area contributed by atoms with Gasteiger partial charge in [-0.3, -0.25) is 19.4 Å². The summed E-state index contributed by atoms with van der Waals surface area (Å²) in [5.74, 6) is -1.82. The molecule has 2 aliphatic heterocycles. The van der Waals surface area contributed by atoms with Crippen molar-refractivity contribution in [1.82, 2.24) is 9.65 Å². The second kappa shape index (κ2) is 8.31. The molecule has 170 valence electrons. The van der Waals surface area contributed by atoms with Crippen LogP contribution in [-0.4, -0.2) is 51.2 Å². The number of pyridine rings is 1. The normalized spacial score (nSPS) is 20.2. The molecule has 2 amide bonds. The van der Waals surface area contributed by atoms with E-state index in [1.54, 1.807) is 24.4 Å². The Kier molecular flexibility index (Phi) is 5.66. The summed E-state index contributed by atoms with van der Waals surface area (Å²) in [5, 5.41) is 8.91. The van der Waals surface area contributed by atoms with Gasteiger partial charge in [0, 0.05) is 25.6 Å². The number of nitriles is 1. The molecule has 1 saturated heterocycles. The van der Waals surface area contributed by atoms with Crippen molar-refractivity contribution in [3.8, 4) is 17.2 Å². The topological polar surface area (TPSA) is 150 Å². The van der Waals surface area contributed by atoms with Crippen molar-refractivity contribution >= 4 is 31.4 Å². The van der Waals surface area contributed by atoms with Crippen molar-refractivity contribution in [2.24, 2.45) is 0 Å². The standard InChI is InChI=1S/C21H19N4O7P/c1-12(26)24(33(29,30)32-13(2)27)11-20-19-8-16-7-14(15-3-5-17(9-22)23-10-15)4-6-18(16)25(19)21(28)31-20/h3-7,10,19-20H,8,11H2,1-2H3,(H,29,30). The minimum absolute atomic E-state index is 0.302. The van der Waals surface area contributed by atoms with E-state index in [-0.39, 0.29) is 0 Å². The molecule has 12 heteroatoms. The van der Waals surface area contributed by atoms with Crippen LogP contribution in [0, 0.1) is 11.3 Å². The van der Waals surface area contributed by atoms with Crippen LogP contribution in [0.1, 0.15) is 25.1 Å². The number of cyclic esters (lactones) is 1. The fourth-order valence-corrected chi connectivity index (χ4v) is 5.20. The Hall–Kier alpha value is -3.74. The van der Waals surface area contributed by atoms with Crippen molar-refractivity contribution in [1.29, 1.82) is 5.26 Å². The Balaban J connectivity index is 1.58.